The predicted octanol–water partition coefficient (Wildman–Crippen LogP) is 3.55. The third kappa shape index (κ3) is 2.86. The number of halogens is 3. The molecule has 0 bridgehead atoms. The van der Waals surface area contributed by atoms with Crippen LogP contribution >= 0.6 is 11.6 Å². The molecule has 1 aromatic heterocycles. The summed E-state index contributed by atoms with van der Waals surface area (Å²) in [6.45, 7) is 3.54. The highest BCUT2D eigenvalue weighted by Crippen LogP contribution is 2.30. The Kier molecular flexibility index (Phi) is 4.44. The largest absolute Gasteiger partial charge is 0.323 e. The van der Waals surface area contributed by atoms with Crippen molar-refractivity contribution in [3.63, 3.8) is 0 Å². The van der Waals surface area contributed by atoms with Crippen LogP contribution in [-0.4, -0.2) is 25.8 Å². The molecule has 0 aliphatic rings. The molecule has 1 aromatic carbocycles. The molecular weight excluding hydrogens is 306 g/mol. The summed E-state index contributed by atoms with van der Waals surface area (Å²) >= 11 is 6.08. The van der Waals surface area contributed by atoms with E-state index in [0.717, 1.165) is 6.07 Å². The van der Waals surface area contributed by atoms with Gasteiger partial charge in [-0.05, 0) is 19.9 Å². The minimum atomic E-state index is -1.03. The zero-order valence-electron chi connectivity index (χ0n) is 11.4. The van der Waals surface area contributed by atoms with Crippen LogP contribution in [0, 0.1) is 11.6 Å². The number of imidazole rings is 1. The minimum absolute atomic E-state index is 0.0858. The number of fused-ring (bicyclic) bond motifs is 1. The lowest BCUT2D eigenvalue weighted by molar-refractivity contribution is 0.577. The van der Waals surface area contributed by atoms with Crippen LogP contribution in [0.25, 0.3) is 11.0 Å². The monoisotopic (exact) mass is 320 g/mol. The van der Waals surface area contributed by atoms with E-state index in [0.29, 0.717) is 17.1 Å². The molecule has 3 nitrogen and oxygen atoms in total. The van der Waals surface area contributed by atoms with Crippen molar-refractivity contribution in [2.45, 2.75) is 25.3 Å². The maximum absolute atomic E-state index is 13.8. The van der Waals surface area contributed by atoms with E-state index in [-0.39, 0.29) is 11.6 Å². The van der Waals surface area contributed by atoms with Gasteiger partial charge in [-0.1, -0.05) is 0 Å². The topological polar surface area (TPSA) is 34.9 Å². The number of rotatable bonds is 4. The minimum Gasteiger partial charge on any atom is -0.323 e. The Morgan fingerprint density at radius 3 is 2.60 bits per heavy atom. The van der Waals surface area contributed by atoms with Gasteiger partial charge in [0.25, 0.3) is 0 Å². The van der Waals surface area contributed by atoms with E-state index in [9.17, 15) is 13.0 Å². The Morgan fingerprint density at radius 1 is 1.40 bits per heavy atom. The Labute approximate surface area is 123 Å². The van der Waals surface area contributed by atoms with Gasteiger partial charge < -0.3 is 4.57 Å². The number of hydrogen-bond acceptors (Lipinski definition) is 2. The molecule has 0 aliphatic carbocycles. The first-order valence-electron chi connectivity index (χ1n) is 6.12. The Hall–Kier alpha value is -1.01. The van der Waals surface area contributed by atoms with Crippen LogP contribution in [0.1, 0.15) is 31.1 Å². The molecule has 0 saturated carbocycles. The fourth-order valence-corrected chi connectivity index (χ4v) is 3.28. The van der Waals surface area contributed by atoms with Crippen LogP contribution in [-0.2, 0) is 10.8 Å². The van der Waals surface area contributed by atoms with Crippen molar-refractivity contribution < 1.29 is 13.0 Å². The summed E-state index contributed by atoms with van der Waals surface area (Å²) in [6.07, 6.45) is 1.58. The van der Waals surface area contributed by atoms with Gasteiger partial charge in [0.2, 0.25) is 0 Å². The number of alkyl halides is 1. The third-order valence-corrected chi connectivity index (χ3v) is 4.16. The van der Waals surface area contributed by atoms with Crippen LogP contribution in [0.3, 0.4) is 0 Å². The third-order valence-electron chi connectivity index (χ3n) is 3.01. The zero-order chi connectivity index (χ0) is 15.0. The summed E-state index contributed by atoms with van der Waals surface area (Å²) in [4.78, 5) is 4.17. The van der Waals surface area contributed by atoms with Gasteiger partial charge >= 0.3 is 0 Å². The Morgan fingerprint density at radius 2 is 2.05 bits per heavy atom. The molecule has 0 radical (unpaired) electrons. The van der Waals surface area contributed by atoms with Gasteiger partial charge in [-0.25, -0.2) is 13.8 Å². The fourth-order valence-electron chi connectivity index (χ4n) is 2.30. The molecule has 7 heteroatoms. The molecular formula is C13H15ClF2N2OS. The first-order valence-corrected chi connectivity index (χ1v) is 8.28. The smallest absolute Gasteiger partial charge is 0.153 e. The molecule has 0 saturated heterocycles. The maximum atomic E-state index is 13.8. The van der Waals surface area contributed by atoms with E-state index in [1.54, 1.807) is 17.7 Å². The average molecular weight is 321 g/mol. The normalized spacial score (nSPS) is 16.3. The fraction of sp³-hybridized carbons (Fsp3) is 0.462. The van der Waals surface area contributed by atoms with E-state index < -0.39 is 27.8 Å². The Bertz CT molecular complexity index is 672. The van der Waals surface area contributed by atoms with Gasteiger partial charge in [-0.15, -0.1) is 11.6 Å². The molecule has 0 N–H and O–H groups in total. The molecule has 3 atom stereocenters. The number of aromatic nitrogens is 2. The van der Waals surface area contributed by atoms with Crippen molar-refractivity contribution in [3.8, 4) is 0 Å². The second-order valence-electron chi connectivity index (χ2n) is 4.80. The van der Waals surface area contributed by atoms with Crippen molar-refractivity contribution in [1.29, 1.82) is 0 Å². The highest BCUT2D eigenvalue weighted by molar-refractivity contribution is 7.84. The van der Waals surface area contributed by atoms with Crippen molar-refractivity contribution in [3.05, 3.63) is 29.6 Å². The van der Waals surface area contributed by atoms with Gasteiger partial charge in [-0.3, -0.25) is 4.21 Å². The zero-order valence-corrected chi connectivity index (χ0v) is 12.9. The van der Waals surface area contributed by atoms with E-state index in [1.165, 1.54) is 6.07 Å². The highest BCUT2D eigenvalue weighted by atomic mass is 35.5. The second kappa shape index (κ2) is 5.77. The van der Waals surface area contributed by atoms with E-state index in [4.69, 9.17) is 11.6 Å². The molecule has 1 heterocycles. The van der Waals surface area contributed by atoms with Crippen molar-refractivity contribution in [2.24, 2.45) is 0 Å². The van der Waals surface area contributed by atoms with Crippen LogP contribution in [0.2, 0.25) is 0 Å². The quantitative estimate of drug-likeness (QED) is 0.807. The summed E-state index contributed by atoms with van der Waals surface area (Å²) < 4.78 is 40.3. The molecule has 110 valence electrons. The molecule has 20 heavy (non-hydrogen) atoms. The van der Waals surface area contributed by atoms with Gasteiger partial charge in [0.1, 0.15) is 17.2 Å². The molecule has 0 spiro atoms. The summed E-state index contributed by atoms with van der Waals surface area (Å²) in [5.41, 5.74) is 0.422. The lowest BCUT2D eigenvalue weighted by Crippen LogP contribution is -2.16. The summed E-state index contributed by atoms with van der Waals surface area (Å²) in [6, 6.07) is 1.80. The number of hydrogen-bond donors (Lipinski definition) is 0. The van der Waals surface area contributed by atoms with Crippen LogP contribution in [0.4, 0.5) is 8.78 Å². The van der Waals surface area contributed by atoms with Crippen molar-refractivity contribution in [2.75, 3.05) is 12.0 Å². The number of nitrogens with zero attached hydrogens (tertiary/aromatic N) is 2. The maximum Gasteiger partial charge on any atom is 0.153 e. The summed E-state index contributed by atoms with van der Waals surface area (Å²) in [5, 5.41) is -0.461. The van der Waals surface area contributed by atoms with Crippen LogP contribution in [0.5, 0.6) is 0 Å². The van der Waals surface area contributed by atoms with Gasteiger partial charge in [-0.2, -0.15) is 0 Å². The lowest BCUT2D eigenvalue weighted by atomic mass is 10.2. The van der Waals surface area contributed by atoms with Gasteiger partial charge in [0.15, 0.2) is 5.82 Å². The molecule has 0 fully saturated rings. The summed E-state index contributed by atoms with van der Waals surface area (Å²) in [7, 11) is -1.03. The highest BCUT2D eigenvalue weighted by Gasteiger charge is 2.22. The molecule has 2 aromatic rings. The first kappa shape index (κ1) is 15.4. The van der Waals surface area contributed by atoms with Crippen molar-refractivity contribution in [1.82, 2.24) is 9.55 Å². The standard InChI is InChI=1S/C13H15ClF2N2OS/c1-7(6-20(3)19)18-11-5-9(15)4-10(16)12(11)17-13(18)8(2)14/h4-5,7-8H,6H2,1-3H3. The molecule has 3 unspecified atom stereocenters. The second-order valence-corrected chi connectivity index (χ2v) is 6.93. The Balaban J connectivity index is 2.71. The van der Waals surface area contributed by atoms with Gasteiger partial charge in [0.05, 0.1) is 10.9 Å². The van der Waals surface area contributed by atoms with E-state index in [2.05, 4.69) is 4.98 Å². The van der Waals surface area contributed by atoms with Crippen molar-refractivity contribution >= 4 is 33.4 Å². The number of benzene rings is 1. The van der Waals surface area contributed by atoms with Crippen LogP contribution in [0.15, 0.2) is 12.1 Å². The first-order chi connectivity index (χ1) is 9.31. The molecule has 2 rings (SSSR count). The van der Waals surface area contributed by atoms with Gasteiger partial charge in [0, 0.05) is 34.9 Å². The van der Waals surface area contributed by atoms with E-state index >= 15 is 0 Å². The molecule has 0 aliphatic heterocycles. The molecule has 0 amide bonds. The van der Waals surface area contributed by atoms with Crippen LogP contribution < -0.4 is 0 Å². The predicted molar refractivity (Wildman–Crippen MR) is 77.6 cm³/mol. The summed E-state index contributed by atoms with van der Waals surface area (Å²) in [5.74, 6) is -0.582. The average Bonchev–Trinajstić information content (AvgIpc) is 2.67. The van der Waals surface area contributed by atoms with E-state index in [1.807, 2.05) is 6.92 Å². The lowest BCUT2D eigenvalue weighted by Gasteiger charge is -2.17. The SMILES string of the molecule is CC(Cl)c1nc2c(F)cc(F)cc2n1C(C)CS(C)=O.